The largest absolute Gasteiger partial charge is 0.481 e. The molecule has 2 amide bonds. The first-order valence-electron chi connectivity index (χ1n) is 7.63. The molecule has 3 atom stereocenters. The van der Waals surface area contributed by atoms with Gasteiger partial charge in [-0.1, -0.05) is 13.3 Å². The number of rotatable bonds is 5. The van der Waals surface area contributed by atoms with Crippen molar-refractivity contribution in [3.63, 3.8) is 0 Å². The summed E-state index contributed by atoms with van der Waals surface area (Å²) < 4.78 is 0. The van der Waals surface area contributed by atoms with Crippen molar-refractivity contribution in [3.8, 4) is 0 Å². The van der Waals surface area contributed by atoms with Crippen molar-refractivity contribution >= 4 is 12.0 Å². The van der Waals surface area contributed by atoms with Crippen LogP contribution in [0.3, 0.4) is 0 Å². The Hall–Kier alpha value is -1.30. The molecule has 1 aliphatic heterocycles. The van der Waals surface area contributed by atoms with Gasteiger partial charge in [-0.25, -0.2) is 4.79 Å². The average molecular weight is 283 g/mol. The van der Waals surface area contributed by atoms with E-state index in [1.807, 2.05) is 0 Å². The van der Waals surface area contributed by atoms with Gasteiger partial charge in [-0.05, 0) is 38.8 Å². The van der Waals surface area contributed by atoms with Gasteiger partial charge in [0.25, 0.3) is 0 Å². The highest BCUT2D eigenvalue weighted by atomic mass is 16.4. The highest BCUT2D eigenvalue weighted by Gasteiger charge is 2.34. The molecule has 20 heavy (non-hydrogen) atoms. The number of carboxylic acid groups (broad SMARTS) is 1. The molecule has 0 aromatic rings. The lowest BCUT2D eigenvalue weighted by Gasteiger charge is -2.24. The molecule has 1 saturated heterocycles. The van der Waals surface area contributed by atoms with E-state index in [9.17, 15) is 9.59 Å². The fraction of sp³-hybridized carbons (Fsp3) is 0.857. The van der Waals surface area contributed by atoms with Crippen LogP contribution in [-0.2, 0) is 4.79 Å². The van der Waals surface area contributed by atoms with Gasteiger partial charge in [0.05, 0.1) is 5.92 Å². The lowest BCUT2D eigenvalue weighted by Crippen LogP contribution is -2.48. The van der Waals surface area contributed by atoms with Crippen molar-refractivity contribution in [1.82, 2.24) is 15.5 Å². The minimum Gasteiger partial charge on any atom is -0.481 e. The smallest absolute Gasteiger partial charge is 0.315 e. The number of hydrogen-bond acceptors (Lipinski definition) is 3. The highest BCUT2D eigenvalue weighted by Crippen LogP contribution is 2.25. The summed E-state index contributed by atoms with van der Waals surface area (Å²) >= 11 is 0. The Bertz CT molecular complexity index is 362. The first-order valence-corrected chi connectivity index (χ1v) is 7.63. The van der Waals surface area contributed by atoms with E-state index in [1.54, 1.807) is 0 Å². The summed E-state index contributed by atoms with van der Waals surface area (Å²) in [6, 6.07) is -0.0333. The molecule has 3 unspecified atom stereocenters. The summed E-state index contributed by atoms with van der Waals surface area (Å²) in [5.74, 6) is -1.24. The van der Waals surface area contributed by atoms with Gasteiger partial charge in [0.2, 0.25) is 0 Å². The molecule has 3 N–H and O–H groups in total. The third-order valence-electron chi connectivity index (χ3n) is 4.55. The van der Waals surface area contributed by atoms with Gasteiger partial charge in [0.15, 0.2) is 0 Å². The number of likely N-dealkylation sites (tertiary alicyclic amines) is 1. The highest BCUT2D eigenvalue weighted by molar-refractivity contribution is 5.77. The molecule has 114 valence electrons. The third kappa shape index (κ3) is 3.62. The molecule has 0 aromatic heterocycles. The van der Waals surface area contributed by atoms with Crippen molar-refractivity contribution in [3.05, 3.63) is 0 Å². The SMILES string of the molecule is CCN1CCCC1CNC(=O)NC1CCCC1C(=O)O. The second kappa shape index (κ2) is 6.92. The Morgan fingerprint density at radius 3 is 2.75 bits per heavy atom. The van der Waals surface area contributed by atoms with Crippen LogP contribution in [0.25, 0.3) is 0 Å². The van der Waals surface area contributed by atoms with Crippen LogP contribution in [0.15, 0.2) is 0 Å². The fourth-order valence-electron chi connectivity index (χ4n) is 3.40. The van der Waals surface area contributed by atoms with E-state index in [1.165, 1.54) is 6.42 Å². The van der Waals surface area contributed by atoms with Crippen LogP contribution >= 0.6 is 0 Å². The van der Waals surface area contributed by atoms with Crippen LogP contribution in [0, 0.1) is 5.92 Å². The van der Waals surface area contributed by atoms with Crippen LogP contribution in [0.2, 0.25) is 0 Å². The summed E-state index contributed by atoms with van der Waals surface area (Å²) in [6.07, 6.45) is 4.59. The van der Waals surface area contributed by atoms with E-state index in [0.717, 1.165) is 32.4 Å². The fourth-order valence-corrected chi connectivity index (χ4v) is 3.40. The number of nitrogens with one attached hydrogen (secondary N) is 2. The zero-order chi connectivity index (χ0) is 14.5. The Kier molecular flexibility index (Phi) is 5.23. The van der Waals surface area contributed by atoms with Crippen molar-refractivity contribution in [1.29, 1.82) is 0 Å². The number of carbonyl (C=O) groups excluding carboxylic acids is 1. The molecule has 0 radical (unpaired) electrons. The van der Waals surface area contributed by atoms with Crippen LogP contribution in [0.4, 0.5) is 4.79 Å². The molecule has 6 nitrogen and oxygen atoms in total. The van der Waals surface area contributed by atoms with E-state index in [-0.39, 0.29) is 12.1 Å². The molecule has 2 rings (SSSR count). The first-order chi connectivity index (χ1) is 9.61. The molecular weight excluding hydrogens is 258 g/mol. The summed E-state index contributed by atoms with van der Waals surface area (Å²) in [5.41, 5.74) is 0. The zero-order valence-corrected chi connectivity index (χ0v) is 12.1. The molecule has 6 heteroatoms. The Morgan fingerprint density at radius 1 is 1.25 bits per heavy atom. The number of urea groups is 1. The molecule has 1 heterocycles. The average Bonchev–Trinajstić information content (AvgIpc) is 3.04. The number of aliphatic carboxylic acids is 1. The second-order valence-electron chi connectivity index (χ2n) is 5.76. The van der Waals surface area contributed by atoms with Gasteiger partial charge >= 0.3 is 12.0 Å². The van der Waals surface area contributed by atoms with Crippen molar-refractivity contribution in [2.75, 3.05) is 19.6 Å². The summed E-state index contributed by atoms with van der Waals surface area (Å²) in [4.78, 5) is 25.3. The predicted molar refractivity (Wildman–Crippen MR) is 75.6 cm³/mol. The molecule has 2 fully saturated rings. The quantitative estimate of drug-likeness (QED) is 0.703. The molecule has 2 aliphatic rings. The number of likely N-dealkylation sites (N-methyl/N-ethyl adjacent to an activating group) is 1. The van der Waals surface area contributed by atoms with Crippen LogP contribution in [0.5, 0.6) is 0 Å². The zero-order valence-electron chi connectivity index (χ0n) is 12.1. The summed E-state index contributed by atoms with van der Waals surface area (Å²) in [6.45, 7) is 4.89. The summed E-state index contributed by atoms with van der Waals surface area (Å²) in [7, 11) is 0. The number of nitrogens with zero attached hydrogens (tertiary/aromatic N) is 1. The summed E-state index contributed by atoms with van der Waals surface area (Å²) in [5, 5.41) is 14.8. The van der Waals surface area contributed by atoms with Crippen LogP contribution in [0.1, 0.15) is 39.0 Å². The minimum atomic E-state index is -0.805. The standard InChI is InChI=1S/C14H25N3O3/c1-2-17-8-4-5-10(17)9-15-14(20)16-12-7-3-6-11(12)13(18)19/h10-12H,2-9H2,1H3,(H,18,19)(H2,15,16,20). The Balaban J connectivity index is 1.74. The van der Waals surface area contributed by atoms with E-state index < -0.39 is 11.9 Å². The minimum absolute atomic E-state index is 0.224. The number of amides is 2. The monoisotopic (exact) mass is 283 g/mol. The second-order valence-corrected chi connectivity index (χ2v) is 5.76. The normalized spacial score (nSPS) is 30.4. The Labute approximate surface area is 119 Å². The van der Waals surface area contributed by atoms with Gasteiger partial charge in [0.1, 0.15) is 0 Å². The van der Waals surface area contributed by atoms with Gasteiger partial charge in [-0.3, -0.25) is 9.69 Å². The number of carboxylic acids is 1. The van der Waals surface area contributed by atoms with Gasteiger partial charge < -0.3 is 15.7 Å². The van der Waals surface area contributed by atoms with Crippen LogP contribution < -0.4 is 10.6 Å². The van der Waals surface area contributed by atoms with E-state index in [0.29, 0.717) is 19.0 Å². The first kappa shape index (κ1) is 15.1. The van der Waals surface area contributed by atoms with Crippen molar-refractivity contribution in [2.24, 2.45) is 5.92 Å². The maximum atomic E-state index is 11.9. The van der Waals surface area contributed by atoms with E-state index in [4.69, 9.17) is 5.11 Å². The van der Waals surface area contributed by atoms with E-state index >= 15 is 0 Å². The molecule has 1 aliphatic carbocycles. The van der Waals surface area contributed by atoms with Crippen molar-refractivity contribution in [2.45, 2.75) is 51.1 Å². The molecule has 0 bridgehead atoms. The number of hydrogen-bond donors (Lipinski definition) is 3. The third-order valence-corrected chi connectivity index (χ3v) is 4.55. The lowest BCUT2D eigenvalue weighted by atomic mass is 10.0. The van der Waals surface area contributed by atoms with Gasteiger partial charge in [-0.15, -0.1) is 0 Å². The maximum absolute atomic E-state index is 11.9. The predicted octanol–water partition coefficient (Wildman–Crippen LogP) is 1.02. The lowest BCUT2D eigenvalue weighted by molar-refractivity contribution is -0.142. The molecule has 0 spiro atoms. The maximum Gasteiger partial charge on any atom is 0.315 e. The molecular formula is C14H25N3O3. The van der Waals surface area contributed by atoms with Gasteiger partial charge in [0, 0.05) is 18.6 Å². The topological polar surface area (TPSA) is 81.7 Å². The number of carbonyl (C=O) groups is 2. The van der Waals surface area contributed by atoms with Gasteiger partial charge in [-0.2, -0.15) is 0 Å². The van der Waals surface area contributed by atoms with E-state index in [2.05, 4.69) is 22.5 Å². The van der Waals surface area contributed by atoms with Crippen molar-refractivity contribution < 1.29 is 14.7 Å². The molecule has 1 saturated carbocycles. The Morgan fingerprint density at radius 2 is 2.05 bits per heavy atom. The van der Waals surface area contributed by atoms with Crippen LogP contribution in [-0.4, -0.2) is 53.7 Å². The molecule has 0 aromatic carbocycles.